The number of anilines is 1. The van der Waals surface area contributed by atoms with E-state index in [-0.39, 0.29) is 11.5 Å². The van der Waals surface area contributed by atoms with E-state index >= 15 is 0 Å². The summed E-state index contributed by atoms with van der Waals surface area (Å²) >= 11 is 12.5. The van der Waals surface area contributed by atoms with Crippen molar-refractivity contribution in [3.05, 3.63) is 55.9 Å². The Morgan fingerprint density at radius 2 is 1.76 bits per heavy atom. The van der Waals surface area contributed by atoms with Crippen molar-refractivity contribution in [1.82, 2.24) is 0 Å². The molecule has 0 saturated carbocycles. The van der Waals surface area contributed by atoms with Crippen molar-refractivity contribution in [2.45, 2.75) is 11.5 Å². The van der Waals surface area contributed by atoms with Crippen molar-refractivity contribution in [1.29, 1.82) is 0 Å². The largest absolute Gasteiger partial charge is 0.392 e. The topological polar surface area (TPSA) is 66.4 Å². The van der Waals surface area contributed by atoms with Crippen molar-refractivity contribution < 1.29 is 13.5 Å². The standard InChI is InChI=1S/C13H10Br2ClNO3S/c14-10-2-1-3-11(15)13(10)17-21(19,20)9-4-5-12(16)8(6-9)7-18/h1-6,17-18H,7H2. The molecular weight excluding hydrogens is 445 g/mol. The molecule has 0 amide bonds. The Hall–Kier alpha value is -0.600. The second-order valence-electron chi connectivity index (χ2n) is 4.11. The highest BCUT2D eigenvalue weighted by molar-refractivity contribution is 9.11. The van der Waals surface area contributed by atoms with E-state index in [4.69, 9.17) is 11.6 Å². The summed E-state index contributed by atoms with van der Waals surface area (Å²) in [6.45, 7) is -0.332. The highest BCUT2D eigenvalue weighted by Crippen LogP contribution is 2.32. The third kappa shape index (κ3) is 3.78. The first kappa shape index (κ1) is 16.8. The molecule has 0 heterocycles. The van der Waals surface area contributed by atoms with Gasteiger partial charge in [0.2, 0.25) is 0 Å². The van der Waals surface area contributed by atoms with E-state index in [1.54, 1.807) is 18.2 Å². The first-order chi connectivity index (χ1) is 9.85. The number of hydrogen-bond acceptors (Lipinski definition) is 3. The molecule has 21 heavy (non-hydrogen) atoms. The quantitative estimate of drug-likeness (QED) is 0.728. The fourth-order valence-electron chi connectivity index (χ4n) is 1.63. The van der Waals surface area contributed by atoms with Gasteiger partial charge in [0.15, 0.2) is 0 Å². The van der Waals surface area contributed by atoms with Crippen LogP contribution in [-0.4, -0.2) is 13.5 Å². The maximum Gasteiger partial charge on any atom is 0.261 e. The van der Waals surface area contributed by atoms with E-state index in [9.17, 15) is 13.5 Å². The van der Waals surface area contributed by atoms with Gasteiger partial charge in [-0.05, 0) is 67.8 Å². The van der Waals surface area contributed by atoms with Crippen molar-refractivity contribution in [2.75, 3.05) is 4.72 Å². The van der Waals surface area contributed by atoms with Crippen LogP contribution in [0.15, 0.2) is 50.2 Å². The highest BCUT2D eigenvalue weighted by atomic mass is 79.9. The Morgan fingerprint density at radius 3 is 2.33 bits per heavy atom. The van der Waals surface area contributed by atoms with E-state index in [0.29, 0.717) is 25.2 Å². The van der Waals surface area contributed by atoms with E-state index in [0.717, 1.165) is 0 Å². The molecule has 2 N–H and O–H groups in total. The third-order valence-electron chi connectivity index (χ3n) is 2.70. The third-order valence-corrected chi connectivity index (χ3v) is 5.73. The average Bonchev–Trinajstić information content (AvgIpc) is 2.43. The number of aliphatic hydroxyl groups excluding tert-OH is 1. The molecule has 0 radical (unpaired) electrons. The number of para-hydroxylation sites is 1. The van der Waals surface area contributed by atoms with Crippen LogP contribution in [0.3, 0.4) is 0 Å². The van der Waals surface area contributed by atoms with Crippen molar-refractivity contribution in [3.8, 4) is 0 Å². The predicted molar refractivity (Wildman–Crippen MR) is 90.0 cm³/mol. The average molecular weight is 456 g/mol. The second-order valence-corrected chi connectivity index (χ2v) is 7.91. The van der Waals surface area contributed by atoms with Crippen LogP contribution in [0, 0.1) is 0 Å². The minimum atomic E-state index is -3.79. The van der Waals surface area contributed by atoms with Gasteiger partial charge in [0.1, 0.15) is 0 Å². The zero-order valence-corrected chi connectivity index (χ0v) is 15.2. The molecule has 0 unspecified atom stereocenters. The number of halogens is 3. The SMILES string of the molecule is O=S(=O)(Nc1c(Br)cccc1Br)c1ccc(Cl)c(CO)c1. The molecule has 8 heteroatoms. The number of sulfonamides is 1. The van der Waals surface area contributed by atoms with Crippen LogP contribution < -0.4 is 4.72 Å². The van der Waals surface area contributed by atoms with Gasteiger partial charge in [0.25, 0.3) is 10.0 Å². The van der Waals surface area contributed by atoms with Crippen molar-refractivity contribution >= 4 is 59.2 Å². The summed E-state index contributed by atoms with van der Waals surface area (Å²) < 4.78 is 28.5. The Balaban J connectivity index is 2.44. The molecule has 0 aliphatic carbocycles. The number of aliphatic hydroxyl groups is 1. The summed E-state index contributed by atoms with van der Waals surface area (Å²) in [6.07, 6.45) is 0. The Bertz CT molecular complexity index is 761. The van der Waals surface area contributed by atoms with Gasteiger partial charge in [-0.1, -0.05) is 17.7 Å². The Morgan fingerprint density at radius 1 is 1.14 bits per heavy atom. The van der Waals surface area contributed by atoms with Gasteiger partial charge in [0.05, 0.1) is 17.2 Å². The van der Waals surface area contributed by atoms with Crippen LogP contribution in [0.1, 0.15) is 5.56 Å². The van der Waals surface area contributed by atoms with Gasteiger partial charge in [-0.25, -0.2) is 8.42 Å². The molecular formula is C13H10Br2ClNO3S. The summed E-state index contributed by atoms with van der Waals surface area (Å²) in [4.78, 5) is 0.0265. The first-order valence-corrected chi connectivity index (χ1v) is 9.16. The molecule has 2 aromatic carbocycles. The number of nitrogens with one attached hydrogen (secondary N) is 1. The van der Waals surface area contributed by atoms with E-state index in [1.807, 2.05) is 0 Å². The van der Waals surface area contributed by atoms with Crippen LogP contribution in [0.5, 0.6) is 0 Å². The maximum absolute atomic E-state index is 12.4. The number of benzene rings is 2. The molecule has 0 saturated heterocycles. The van der Waals surface area contributed by atoms with Crippen LogP contribution in [-0.2, 0) is 16.6 Å². The lowest BCUT2D eigenvalue weighted by Crippen LogP contribution is -2.14. The molecule has 2 rings (SSSR count). The molecule has 0 fully saturated rings. The van der Waals surface area contributed by atoms with Gasteiger partial charge in [-0.3, -0.25) is 4.72 Å². The summed E-state index contributed by atoms with van der Waals surface area (Å²) in [5, 5.41) is 9.49. The van der Waals surface area contributed by atoms with Crippen LogP contribution in [0.25, 0.3) is 0 Å². The number of rotatable bonds is 4. The van der Waals surface area contributed by atoms with Crippen LogP contribution >= 0.6 is 43.5 Å². The zero-order valence-electron chi connectivity index (χ0n) is 10.5. The molecule has 4 nitrogen and oxygen atoms in total. The fourth-order valence-corrected chi connectivity index (χ4v) is 4.42. The summed E-state index contributed by atoms with van der Waals surface area (Å²) in [5.41, 5.74) is 0.753. The van der Waals surface area contributed by atoms with Gasteiger partial charge < -0.3 is 5.11 Å². The van der Waals surface area contributed by atoms with Gasteiger partial charge >= 0.3 is 0 Å². The highest BCUT2D eigenvalue weighted by Gasteiger charge is 2.18. The summed E-state index contributed by atoms with van der Waals surface area (Å²) in [6, 6.07) is 9.39. The smallest absolute Gasteiger partial charge is 0.261 e. The van der Waals surface area contributed by atoms with Gasteiger partial charge in [0, 0.05) is 14.0 Å². The van der Waals surface area contributed by atoms with E-state index in [2.05, 4.69) is 36.6 Å². The lowest BCUT2D eigenvalue weighted by atomic mass is 10.2. The normalized spacial score (nSPS) is 11.4. The summed E-state index contributed by atoms with van der Waals surface area (Å²) in [5.74, 6) is 0. The minimum Gasteiger partial charge on any atom is -0.392 e. The zero-order chi connectivity index (χ0) is 15.6. The molecule has 0 aliphatic rings. The van der Waals surface area contributed by atoms with Crippen molar-refractivity contribution in [2.24, 2.45) is 0 Å². The molecule has 0 aliphatic heterocycles. The lowest BCUT2D eigenvalue weighted by molar-refractivity contribution is 0.281. The van der Waals surface area contributed by atoms with Crippen LogP contribution in [0.2, 0.25) is 5.02 Å². The fraction of sp³-hybridized carbons (Fsp3) is 0.0769. The Kier molecular flexibility index (Phi) is 5.32. The first-order valence-electron chi connectivity index (χ1n) is 5.71. The molecule has 0 atom stereocenters. The summed E-state index contributed by atoms with van der Waals surface area (Å²) in [7, 11) is -3.79. The molecule has 112 valence electrons. The second kappa shape index (κ2) is 6.66. The lowest BCUT2D eigenvalue weighted by Gasteiger charge is -2.12. The van der Waals surface area contributed by atoms with Crippen molar-refractivity contribution in [3.63, 3.8) is 0 Å². The predicted octanol–water partition coefficient (Wildman–Crippen LogP) is 4.16. The molecule has 0 aromatic heterocycles. The van der Waals surface area contributed by atoms with Gasteiger partial charge in [-0.15, -0.1) is 0 Å². The van der Waals surface area contributed by atoms with E-state index < -0.39 is 10.0 Å². The molecule has 0 spiro atoms. The van der Waals surface area contributed by atoms with Gasteiger partial charge in [-0.2, -0.15) is 0 Å². The molecule has 2 aromatic rings. The maximum atomic E-state index is 12.4. The molecule has 0 bridgehead atoms. The number of hydrogen-bond donors (Lipinski definition) is 2. The van der Waals surface area contributed by atoms with Crippen LogP contribution in [0.4, 0.5) is 5.69 Å². The van der Waals surface area contributed by atoms with E-state index in [1.165, 1.54) is 18.2 Å². The Labute approximate surface area is 144 Å². The monoisotopic (exact) mass is 453 g/mol. The minimum absolute atomic E-state index is 0.0265.